The maximum atomic E-state index is 13.6. The van der Waals surface area contributed by atoms with Gasteiger partial charge in [0, 0.05) is 17.4 Å². The van der Waals surface area contributed by atoms with Crippen LogP contribution in [-0.2, 0) is 22.9 Å². The number of carbonyl (C=O) groups excluding carboxylic acids is 2. The molecule has 2 aliphatic rings. The van der Waals surface area contributed by atoms with Crippen LogP contribution in [0.15, 0.2) is 36.4 Å². The molecule has 1 atom stereocenters. The third kappa shape index (κ3) is 2.67. The van der Waals surface area contributed by atoms with Crippen LogP contribution < -0.4 is 9.64 Å². The van der Waals surface area contributed by atoms with E-state index in [1.54, 1.807) is 20.1 Å². The predicted octanol–water partition coefficient (Wildman–Crippen LogP) is 5.09. The van der Waals surface area contributed by atoms with E-state index in [0.29, 0.717) is 17.9 Å². The molecule has 6 nitrogen and oxygen atoms in total. The fourth-order valence-corrected chi connectivity index (χ4v) is 4.82. The molecule has 1 saturated heterocycles. The molecule has 5 rings (SSSR count). The summed E-state index contributed by atoms with van der Waals surface area (Å²) in [6.45, 7) is 1.82. The maximum absolute atomic E-state index is 13.6. The second-order valence-corrected chi connectivity index (χ2v) is 8.36. The number of aromatic amines is 1. The maximum Gasteiger partial charge on any atom is 0.416 e. The fraction of sp³-hybridized carbons (Fsp3) is 0.273. The van der Waals surface area contributed by atoms with Crippen LogP contribution in [-0.4, -0.2) is 35.5 Å². The minimum Gasteiger partial charge on any atom is -0.497 e. The summed E-state index contributed by atoms with van der Waals surface area (Å²) < 4.78 is 45.1. The van der Waals surface area contributed by atoms with Gasteiger partial charge >= 0.3 is 12.2 Å². The topological polar surface area (TPSA) is 65.6 Å². The number of alkyl halides is 3. The highest BCUT2D eigenvalue weighted by atomic mass is 35.5. The van der Waals surface area contributed by atoms with Crippen molar-refractivity contribution >= 4 is 40.1 Å². The van der Waals surface area contributed by atoms with Crippen molar-refractivity contribution in [3.05, 3.63) is 58.2 Å². The summed E-state index contributed by atoms with van der Waals surface area (Å²) in [6, 6.07) is 7.34. The quantitative estimate of drug-likeness (QED) is 0.538. The lowest BCUT2D eigenvalue weighted by Crippen LogP contribution is -2.49. The molecular weight excluding hydrogens is 447 g/mol. The van der Waals surface area contributed by atoms with Gasteiger partial charge in [-0.1, -0.05) is 11.6 Å². The van der Waals surface area contributed by atoms with E-state index in [4.69, 9.17) is 16.3 Å². The van der Waals surface area contributed by atoms with Gasteiger partial charge in [0.05, 0.1) is 29.1 Å². The zero-order valence-corrected chi connectivity index (χ0v) is 17.8. The number of nitrogens with zero attached hydrogens (tertiary/aromatic N) is 2. The number of fused-ring (bicyclic) bond motifs is 5. The molecule has 3 aromatic rings. The second-order valence-electron chi connectivity index (χ2n) is 7.95. The standard InChI is InChI=1S/C22H17ClF3N3O3/c1-21-18-13(14-10-12(32-2)4-6-16(14)27-18)7-8-28(21)20(31)29(19(21)30)17-9-11(22(24,25)26)3-5-15(17)23/h3-6,9-10,27H,7-8H2,1-2H3. The number of H-pyrrole nitrogens is 1. The van der Waals surface area contributed by atoms with Gasteiger partial charge in [-0.2, -0.15) is 13.2 Å². The Hall–Kier alpha value is -3.20. The van der Waals surface area contributed by atoms with Crippen LogP contribution in [0.5, 0.6) is 5.75 Å². The molecule has 166 valence electrons. The van der Waals surface area contributed by atoms with E-state index in [1.165, 1.54) is 4.90 Å². The largest absolute Gasteiger partial charge is 0.497 e. The lowest BCUT2D eigenvalue weighted by Gasteiger charge is -2.35. The van der Waals surface area contributed by atoms with Crippen LogP contribution in [0.4, 0.5) is 23.7 Å². The summed E-state index contributed by atoms with van der Waals surface area (Å²) in [7, 11) is 1.55. The van der Waals surface area contributed by atoms with Crippen molar-refractivity contribution in [1.82, 2.24) is 9.88 Å². The minimum atomic E-state index is -4.65. The van der Waals surface area contributed by atoms with Crippen molar-refractivity contribution in [2.24, 2.45) is 0 Å². The number of nitrogens with one attached hydrogen (secondary N) is 1. The van der Waals surface area contributed by atoms with Crippen molar-refractivity contribution in [3.63, 3.8) is 0 Å². The van der Waals surface area contributed by atoms with Gasteiger partial charge in [-0.05, 0) is 55.3 Å². The Kier molecular flexibility index (Phi) is 4.30. The normalized spacial score (nSPS) is 20.7. The van der Waals surface area contributed by atoms with Gasteiger partial charge in [-0.15, -0.1) is 0 Å². The zero-order chi connectivity index (χ0) is 23.0. The summed E-state index contributed by atoms with van der Waals surface area (Å²) in [6.07, 6.45) is -4.17. The number of hydrogen-bond donors (Lipinski definition) is 1. The highest BCUT2D eigenvalue weighted by Gasteiger charge is 2.59. The third-order valence-electron chi connectivity index (χ3n) is 6.28. The number of carbonyl (C=O) groups is 2. The molecule has 0 bridgehead atoms. The molecule has 0 radical (unpaired) electrons. The number of imide groups is 1. The van der Waals surface area contributed by atoms with Gasteiger partial charge in [-0.3, -0.25) is 4.79 Å². The molecule has 32 heavy (non-hydrogen) atoms. The zero-order valence-electron chi connectivity index (χ0n) is 17.0. The number of urea groups is 1. The van der Waals surface area contributed by atoms with E-state index in [0.717, 1.165) is 39.6 Å². The van der Waals surface area contributed by atoms with Gasteiger partial charge in [-0.25, -0.2) is 9.69 Å². The van der Waals surface area contributed by atoms with Gasteiger partial charge in [0.2, 0.25) is 0 Å². The minimum absolute atomic E-state index is 0.121. The molecule has 0 spiro atoms. The van der Waals surface area contributed by atoms with Crippen LogP contribution in [0, 0.1) is 0 Å². The van der Waals surface area contributed by atoms with E-state index in [2.05, 4.69) is 4.98 Å². The summed E-state index contributed by atoms with van der Waals surface area (Å²) >= 11 is 6.14. The number of halogens is 4. The smallest absolute Gasteiger partial charge is 0.416 e. The van der Waals surface area contributed by atoms with E-state index < -0.39 is 29.2 Å². The Morgan fingerprint density at radius 2 is 1.91 bits per heavy atom. The summed E-state index contributed by atoms with van der Waals surface area (Å²) in [5.41, 5.74) is -0.507. The molecule has 0 aliphatic carbocycles. The lowest BCUT2D eigenvalue weighted by molar-refractivity contribution is -0.137. The predicted molar refractivity (Wildman–Crippen MR) is 112 cm³/mol. The summed E-state index contributed by atoms with van der Waals surface area (Å²) in [5, 5.41) is 0.751. The Labute approximate surface area is 185 Å². The van der Waals surface area contributed by atoms with Crippen LogP contribution in [0.1, 0.15) is 23.7 Å². The first-order valence-corrected chi connectivity index (χ1v) is 10.2. The number of amides is 3. The first-order chi connectivity index (χ1) is 15.1. The number of benzene rings is 2. The molecule has 3 amide bonds. The summed E-state index contributed by atoms with van der Waals surface area (Å²) in [5.74, 6) is -0.0127. The molecule has 2 aliphatic heterocycles. The molecule has 1 aromatic heterocycles. The van der Waals surface area contributed by atoms with Gasteiger partial charge in [0.25, 0.3) is 5.91 Å². The average molecular weight is 464 g/mol. The lowest BCUT2D eigenvalue weighted by atomic mass is 9.87. The van der Waals surface area contributed by atoms with Crippen LogP contribution >= 0.6 is 11.6 Å². The molecular formula is C22H17ClF3N3O3. The Morgan fingerprint density at radius 3 is 2.59 bits per heavy atom. The van der Waals surface area contributed by atoms with Gasteiger partial charge < -0.3 is 14.6 Å². The molecule has 3 heterocycles. The SMILES string of the molecule is COc1ccc2[nH]c3c(c2c1)CCN1C(=O)N(c2cc(C(F)(F)F)ccc2Cl)C(=O)C31C. The monoisotopic (exact) mass is 463 g/mol. The molecule has 0 saturated carbocycles. The Morgan fingerprint density at radius 1 is 1.16 bits per heavy atom. The fourth-order valence-electron chi connectivity index (χ4n) is 4.62. The number of rotatable bonds is 2. The molecule has 10 heteroatoms. The molecule has 1 fully saturated rings. The molecule has 1 N–H and O–H groups in total. The van der Waals surface area contributed by atoms with E-state index in [9.17, 15) is 22.8 Å². The second kappa shape index (κ2) is 6.65. The van der Waals surface area contributed by atoms with Crippen molar-refractivity contribution in [1.29, 1.82) is 0 Å². The Bertz CT molecular complexity index is 1300. The van der Waals surface area contributed by atoms with E-state index in [-0.39, 0.29) is 17.3 Å². The molecule has 2 aromatic carbocycles. The number of ether oxygens (including phenoxy) is 1. The number of hydrogen-bond acceptors (Lipinski definition) is 3. The van der Waals surface area contributed by atoms with Crippen molar-refractivity contribution in [2.45, 2.75) is 25.1 Å². The first-order valence-electron chi connectivity index (χ1n) is 9.79. The van der Waals surface area contributed by atoms with Gasteiger partial charge in [0.1, 0.15) is 5.75 Å². The molecule has 1 unspecified atom stereocenters. The number of methoxy groups -OCH3 is 1. The van der Waals surface area contributed by atoms with Crippen molar-refractivity contribution in [2.75, 3.05) is 18.6 Å². The van der Waals surface area contributed by atoms with Crippen molar-refractivity contribution in [3.8, 4) is 5.75 Å². The van der Waals surface area contributed by atoms with E-state index >= 15 is 0 Å². The van der Waals surface area contributed by atoms with Gasteiger partial charge in [0.15, 0.2) is 5.54 Å². The highest BCUT2D eigenvalue weighted by molar-refractivity contribution is 6.36. The number of anilines is 1. The first kappa shape index (κ1) is 20.7. The van der Waals surface area contributed by atoms with Crippen LogP contribution in [0.25, 0.3) is 10.9 Å². The van der Waals surface area contributed by atoms with Crippen molar-refractivity contribution < 1.29 is 27.5 Å². The highest BCUT2D eigenvalue weighted by Crippen LogP contribution is 2.47. The number of aromatic nitrogens is 1. The average Bonchev–Trinajstić information content (AvgIpc) is 3.21. The van der Waals surface area contributed by atoms with Crippen LogP contribution in [0.3, 0.4) is 0 Å². The van der Waals surface area contributed by atoms with E-state index in [1.807, 2.05) is 12.1 Å². The third-order valence-corrected chi connectivity index (χ3v) is 6.60. The van der Waals surface area contributed by atoms with Crippen LogP contribution in [0.2, 0.25) is 5.02 Å². The Balaban J connectivity index is 1.67. The summed E-state index contributed by atoms with van der Waals surface area (Å²) in [4.78, 5) is 32.2.